The molecule has 1 aromatic rings. The zero-order chi connectivity index (χ0) is 12.1. The third kappa shape index (κ3) is 3.93. The van der Waals surface area contributed by atoms with Gasteiger partial charge in [0.2, 0.25) is 0 Å². The largest absolute Gasteiger partial charge is 0.348 e. The van der Waals surface area contributed by atoms with E-state index in [1.54, 1.807) is 12.3 Å². The minimum atomic E-state index is -0.124. The minimum absolute atomic E-state index is 0.124. The molecule has 88 valence electrons. The van der Waals surface area contributed by atoms with Crippen molar-refractivity contribution in [1.82, 2.24) is 10.3 Å². The van der Waals surface area contributed by atoms with Crippen molar-refractivity contribution in [2.24, 2.45) is 5.92 Å². The summed E-state index contributed by atoms with van der Waals surface area (Å²) >= 11 is 3.31. The summed E-state index contributed by atoms with van der Waals surface area (Å²) in [6.45, 7) is 6.29. The molecule has 1 heterocycles. The Hall–Kier alpha value is -0.900. The van der Waals surface area contributed by atoms with Gasteiger partial charge in [-0.3, -0.25) is 4.79 Å². The van der Waals surface area contributed by atoms with Gasteiger partial charge in [0.05, 0.1) is 0 Å². The molecule has 1 atom stereocenters. The van der Waals surface area contributed by atoms with Crippen LogP contribution in [0.1, 0.15) is 37.7 Å². The molecule has 16 heavy (non-hydrogen) atoms. The van der Waals surface area contributed by atoms with Crippen LogP contribution in [0.2, 0.25) is 0 Å². The number of carbonyl (C=O) groups is 1. The van der Waals surface area contributed by atoms with Gasteiger partial charge >= 0.3 is 0 Å². The van der Waals surface area contributed by atoms with Crippen LogP contribution >= 0.6 is 15.9 Å². The van der Waals surface area contributed by atoms with E-state index in [-0.39, 0.29) is 11.9 Å². The summed E-state index contributed by atoms with van der Waals surface area (Å²) in [4.78, 5) is 15.9. The highest BCUT2D eigenvalue weighted by molar-refractivity contribution is 9.10. The number of amides is 1. The summed E-state index contributed by atoms with van der Waals surface area (Å²) < 4.78 is 0.726. The van der Waals surface area contributed by atoms with E-state index in [1.807, 2.05) is 13.0 Å². The lowest BCUT2D eigenvalue weighted by molar-refractivity contribution is 0.0930. The Balaban J connectivity index is 2.63. The Labute approximate surface area is 105 Å². The third-order valence-corrected chi connectivity index (χ3v) is 2.82. The summed E-state index contributed by atoms with van der Waals surface area (Å²) in [6, 6.07) is 3.77. The fraction of sp³-hybridized carbons (Fsp3) is 0.500. The van der Waals surface area contributed by atoms with E-state index in [9.17, 15) is 4.79 Å². The summed E-state index contributed by atoms with van der Waals surface area (Å²) in [6.07, 6.45) is 2.59. The quantitative estimate of drug-likeness (QED) is 0.924. The summed E-state index contributed by atoms with van der Waals surface area (Å²) in [7, 11) is 0. The molecule has 0 spiro atoms. The first-order valence-electron chi connectivity index (χ1n) is 5.42. The Morgan fingerprint density at radius 1 is 1.50 bits per heavy atom. The molecule has 0 aromatic carbocycles. The van der Waals surface area contributed by atoms with Gasteiger partial charge in [-0.15, -0.1) is 0 Å². The number of carbonyl (C=O) groups excluding carboxylic acids is 1. The van der Waals surface area contributed by atoms with Crippen LogP contribution in [0.3, 0.4) is 0 Å². The molecule has 1 N–H and O–H groups in total. The van der Waals surface area contributed by atoms with Crippen LogP contribution in [-0.4, -0.2) is 16.9 Å². The van der Waals surface area contributed by atoms with Gasteiger partial charge in [-0.2, -0.15) is 0 Å². The number of aromatic nitrogens is 1. The Morgan fingerprint density at radius 3 is 2.75 bits per heavy atom. The first kappa shape index (κ1) is 13.2. The van der Waals surface area contributed by atoms with Crippen molar-refractivity contribution >= 4 is 21.8 Å². The molecule has 1 aromatic heterocycles. The normalized spacial score (nSPS) is 12.6. The van der Waals surface area contributed by atoms with E-state index in [4.69, 9.17) is 0 Å². The molecule has 0 aliphatic heterocycles. The number of nitrogens with zero attached hydrogens (tertiary/aromatic N) is 1. The van der Waals surface area contributed by atoms with Crippen molar-refractivity contribution in [3.63, 3.8) is 0 Å². The molecule has 1 unspecified atom stereocenters. The molecule has 4 heteroatoms. The Bertz CT molecular complexity index is 366. The predicted molar refractivity (Wildman–Crippen MR) is 68.3 cm³/mol. The van der Waals surface area contributed by atoms with Crippen LogP contribution in [0.15, 0.2) is 22.8 Å². The van der Waals surface area contributed by atoms with Gasteiger partial charge in [0, 0.05) is 16.7 Å². The SMILES string of the molecule is CC(C)CC(C)NC(=O)c1ncccc1Br. The lowest BCUT2D eigenvalue weighted by Gasteiger charge is -2.15. The van der Waals surface area contributed by atoms with E-state index >= 15 is 0 Å². The van der Waals surface area contributed by atoms with Crippen LogP contribution in [-0.2, 0) is 0 Å². The molecule has 0 radical (unpaired) electrons. The van der Waals surface area contributed by atoms with Crippen molar-refractivity contribution in [2.45, 2.75) is 33.2 Å². The van der Waals surface area contributed by atoms with Crippen molar-refractivity contribution in [2.75, 3.05) is 0 Å². The molecule has 3 nitrogen and oxygen atoms in total. The van der Waals surface area contributed by atoms with Gasteiger partial charge in [0.25, 0.3) is 5.91 Å². The average Bonchev–Trinajstić information content (AvgIpc) is 2.16. The Morgan fingerprint density at radius 2 is 2.19 bits per heavy atom. The minimum Gasteiger partial charge on any atom is -0.348 e. The van der Waals surface area contributed by atoms with Crippen molar-refractivity contribution < 1.29 is 4.79 Å². The number of rotatable bonds is 4. The maximum Gasteiger partial charge on any atom is 0.271 e. The smallest absolute Gasteiger partial charge is 0.271 e. The van der Waals surface area contributed by atoms with Crippen LogP contribution in [0.4, 0.5) is 0 Å². The highest BCUT2D eigenvalue weighted by Crippen LogP contribution is 2.13. The van der Waals surface area contributed by atoms with Crippen molar-refractivity contribution in [3.8, 4) is 0 Å². The molecule has 0 bridgehead atoms. The van der Waals surface area contributed by atoms with Gasteiger partial charge in [0.15, 0.2) is 0 Å². The lowest BCUT2D eigenvalue weighted by Crippen LogP contribution is -2.34. The number of hydrogen-bond acceptors (Lipinski definition) is 2. The molecule has 0 saturated heterocycles. The second kappa shape index (κ2) is 5.99. The summed E-state index contributed by atoms with van der Waals surface area (Å²) in [5, 5.41) is 2.94. The highest BCUT2D eigenvalue weighted by atomic mass is 79.9. The molecule has 1 amide bonds. The maximum absolute atomic E-state index is 11.9. The molecule has 0 aliphatic carbocycles. The van der Waals surface area contributed by atoms with E-state index in [2.05, 4.69) is 40.1 Å². The van der Waals surface area contributed by atoms with Gasteiger partial charge in [-0.05, 0) is 47.3 Å². The second-order valence-electron chi connectivity index (χ2n) is 4.34. The molecule has 1 rings (SSSR count). The number of halogens is 1. The molecule has 0 saturated carbocycles. The van der Waals surface area contributed by atoms with Crippen molar-refractivity contribution in [3.05, 3.63) is 28.5 Å². The van der Waals surface area contributed by atoms with Gasteiger partial charge < -0.3 is 5.32 Å². The standard InChI is InChI=1S/C12H17BrN2O/c1-8(2)7-9(3)15-12(16)11-10(13)5-4-6-14-11/h4-6,8-9H,7H2,1-3H3,(H,15,16). The lowest BCUT2D eigenvalue weighted by atomic mass is 10.1. The van der Waals surface area contributed by atoms with Gasteiger partial charge in [0.1, 0.15) is 5.69 Å². The van der Waals surface area contributed by atoms with E-state index in [0.717, 1.165) is 10.9 Å². The molecular formula is C12H17BrN2O. The van der Waals surface area contributed by atoms with Crippen LogP contribution in [0.25, 0.3) is 0 Å². The second-order valence-corrected chi connectivity index (χ2v) is 5.19. The van der Waals surface area contributed by atoms with E-state index < -0.39 is 0 Å². The summed E-state index contributed by atoms with van der Waals surface area (Å²) in [5.74, 6) is 0.447. The average molecular weight is 285 g/mol. The number of nitrogens with one attached hydrogen (secondary N) is 1. The van der Waals surface area contributed by atoms with Gasteiger partial charge in [-0.1, -0.05) is 13.8 Å². The highest BCUT2D eigenvalue weighted by Gasteiger charge is 2.14. The van der Waals surface area contributed by atoms with Crippen molar-refractivity contribution in [1.29, 1.82) is 0 Å². The zero-order valence-electron chi connectivity index (χ0n) is 9.83. The first-order chi connectivity index (χ1) is 7.50. The fourth-order valence-corrected chi connectivity index (χ4v) is 2.05. The fourth-order valence-electron chi connectivity index (χ4n) is 1.61. The predicted octanol–water partition coefficient (Wildman–Crippen LogP) is 3.01. The van der Waals surface area contributed by atoms with Crippen LogP contribution < -0.4 is 5.32 Å². The molecular weight excluding hydrogens is 268 g/mol. The van der Waals surface area contributed by atoms with E-state index in [1.165, 1.54) is 0 Å². The van der Waals surface area contributed by atoms with Gasteiger partial charge in [-0.25, -0.2) is 4.98 Å². The molecule has 0 aliphatic rings. The monoisotopic (exact) mass is 284 g/mol. The zero-order valence-corrected chi connectivity index (χ0v) is 11.4. The number of pyridine rings is 1. The molecule has 0 fully saturated rings. The Kier molecular flexibility index (Phi) is 4.93. The summed E-state index contributed by atoms with van der Waals surface area (Å²) in [5.41, 5.74) is 0.443. The van der Waals surface area contributed by atoms with E-state index in [0.29, 0.717) is 11.6 Å². The number of hydrogen-bond donors (Lipinski definition) is 1. The van der Waals surface area contributed by atoms with Crippen LogP contribution in [0.5, 0.6) is 0 Å². The third-order valence-electron chi connectivity index (χ3n) is 2.18. The first-order valence-corrected chi connectivity index (χ1v) is 6.21. The topological polar surface area (TPSA) is 42.0 Å². The van der Waals surface area contributed by atoms with Crippen LogP contribution in [0, 0.1) is 5.92 Å². The maximum atomic E-state index is 11.9.